The Bertz CT molecular complexity index is 782. The normalized spacial score (nSPS) is 10.7. The minimum Gasteiger partial charge on any atom is -0.496 e. The molecule has 0 radical (unpaired) electrons. The maximum Gasteiger partial charge on any atom is 0.131 e. The largest absolute Gasteiger partial charge is 0.496 e. The van der Waals surface area contributed by atoms with E-state index in [2.05, 4.69) is 47.4 Å². The van der Waals surface area contributed by atoms with Gasteiger partial charge in [-0.2, -0.15) is 0 Å². The van der Waals surface area contributed by atoms with Crippen molar-refractivity contribution in [1.29, 1.82) is 0 Å². The summed E-state index contributed by atoms with van der Waals surface area (Å²) in [5.74, 6) is 0.884. The van der Waals surface area contributed by atoms with Crippen LogP contribution in [0.15, 0.2) is 41.5 Å². The summed E-state index contributed by atoms with van der Waals surface area (Å²) >= 11 is 1.59. The lowest BCUT2D eigenvalue weighted by Crippen LogP contribution is -1.97. The Hall–Kier alpha value is -2.20. The average Bonchev–Trinajstić information content (AvgIpc) is 3.08. The predicted octanol–water partition coefficient (Wildman–Crippen LogP) is 4.75. The highest BCUT2D eigenvalue weighted by atomic mass is 32.1. The third-order valence-electron chi connectivity index (χ3n) is 3.83. The number of aryl methyl sites for hydroxylation is 2. The summed E-state index contributed by atoms with van der Waals surface area (Å²) in [6, 6.07) is 6.31. The molecule has 2 aromatic heterocycles. The van der Waals surface area contributed by atoms with Gasteiger partial charge in [0.1, 0.15) is 5.75 Å². The molecular formula is C18H18N2OS. The molecule has 4 heteroatoms. The fourth-order valence-corrected chi connectivity index (χ4v) is 3.28. The molecule has 0 N–H and O–H groups in total. The topological polar surface area (TPSA) is 35.0 Å². The average molecular weight is 310 g/mol. The number of hydrogen-bond donors (Lipinski definition) is 0. The van der Waals surface area contributed by atoms with E-state index in [0.717, 1.165) is 40.1 Å². The summed E-state index contributed by atoms with van der Waals surface area (Å²) in [6.07, 6.45) is 4.74. The number of ether oxygens (including phenoxy) is 1. The minimum absolute atomic E-state index is 0.884. The van der Waals surface area contributed by atoms with Crippen LogP contribution < -0.4 is 4.74 Å². The Morgan fingerprint density at radius 2 is 2.05 bits per heavy atom. The summed E-state index contributed by atoms with van der Waals surface area (Å²) in [5.41, 5.74) is 8.50. The van der Waals surface area contributed by atoms with Gasteiger partial charge in [0.05, 0.1) is 23.9 Å². The van der Waals surface area contributed by atoms with E-state index in [1.165, 1.54) is 5.56 Å². The number of nitrogens with zero attached hydrogens (tertiary/aromatic N) is 2. The highest BCUT2D eigenvalue weighted by molar-refractivity contribution is 7.07. The van der Waals surface area contributed by atoms with Crippen molar-refractivity contribution in [3.8, 4) is 28.1 Å². The van der Waals surface area contributed by atoms with E-state index in [-0.39, 0.29) is 0 Å². The van der Waals surface area contributed by atoms with Crippen LogP contribution in [0.4, 0.5) is 0 Å². The molecule has 0 saturated carbocycles. The van der Waals surface area contributed by atoms with Crippen LogP contribution in [0.3, 0.4) is 0 Å². The van der Waals surface area contributed by atoms with Crippen LogP contribution in [-0.4, -0.2) is 17.1 Å². The standard InChI is InChI=1S/C18H18N2OS/c1-4-13-7-8-19-9-15(13)14-6-5-12(2)18(21-3)17(14)16-10-22-11-20-16/h5-11H,4H2,1-3H3. The fraction of sp³-hybridized carbons (Fsp3) is 0.222. The van der Waals surface area contributed by atoms with Crippen molar-refractivity contribution >= 4 is 11.3 Å². The van der Waals surface area contributed by atoms with E-state index in [0.29, 0.717) is 0 Å². The second-order valence-electron chi connectivity index (χ2n) is 5.10. The molecule has 0 aliphatic rings. The van der Waals surface area contributed by atoms with Crippen molar-refractivity contribution in [1.82, 2.24) is 9.97 Å². The SMILES string of the molecule is CCc1ccncc1-c1ccc(C)c(OC)c1-c1cscn1. The molecule has 0 atom stereocenters. The Balaban J connectivity index is 2.33. The maximum atomic E-state index is 5.68. The lowest BCUT2D eigenvalue weighted by atomic mass is 9.92. The number of hydrogen-bond acceptors (Lipinski definition) is 4. The van der Waals surface area contributed by atoms with Gasteiger partial charge in [0.2, 0.25) is 0 Å². The number of benzene rings is 1. The van der Waals surface area contributed by atoms with Crippen LogP contribution in [0.25, 0.3) is 22.4 Å². The Morgan fingerprint density at radius 1 is 1.18 bits per heavy atom. The molecule has 0 fully saturated rings. The van der Waals surface area contributed by atoms with E-state index >= 15 is 0 Å². The van der Waals surface area contributed by atoms with E-state index in [4.69, 9.17) is 4.74 Å². The van der Waals surface area contributed by atoms with Crippen molar-refractivity contribution in [2.75, 3.05) is 7.11 Å². The molecule has 2 heterocycles. The second kappa shape index (κ2) is 6.28. The zero-order chi connectivity index (χ0) is 15.5. The molecule has 0 unspecified atom stereocenters. The molecule has 0 saturated heterocycles. The first-order valence-corrected chi connectivity index (χ1v) is 8.20. The lowest BCUT2D eigenvalue weighted by molar-refractivity contribution is 0.413. The monoisotopic (exact) mass is 310 g/mol. The lowest BCUT2D eigenvalue weighted by Gasteiger charge is -2.16. The van der Waals surface area contributed by atoms with Crippen LogP contribution in [-0.2, 0) is 6.42 Å². The number of pyridine rings is 1. The second-order valence-corrected chi connectivity index (χ2v) is 5.82. The molecule has 3 rings (SSSR count). The molecule has 3 aromatic rings. The molecule has 0 aliphatic heterocycles. The Morgan fingerprint density at radius 3 is 2.73 bits per heavy atom. The third kappa shape index (κ3) is 2.50. The number of rotatable bonds is 4. The first-order chi connectivity index (χ1) is 10.8. The zero-order valence-electron chi connectivity index (χ0n) is 13.0. The smallest absolute Gasteiger partial charge is 0.131 e. The van der Waals surface area contributed by atoms with Gasteiger partial charge >= 0.3 is 0 Å². The van der Waals surface area contributed by atoms with Gasteiger partial charge in [-0.15, -0.1) is 11.3 Å². The molecule has 22 heavy (non-hydrogen) atoms. The number of aromatic nitrogens is 2. The highest BCUT2D eigenvalue weighted by Crippen LogP contribution is 2.41. The summed E-state index contributed by atoms with van der Waals surface area (Å²) in [7, 11) is 1.71. The Kier molecular flexibility index (Phi) is 4.20. The fourth-order valence-electron chi connectivity index (χ4n) is 2.74. The van der Waals surface area contributed by atoms with E-state index in [1.807, 2.05) is 17.9 Å². The third-order valence-corrected chi connectivity index (χ3v) is 4.42. The molecule has 0 aliphatic carbocycles. The van der Waals surface area contributed by atoms with Crippen LogP contribution in [0.2, 0.25) is 0 Å². The summed E-state index contributed by atoms with van der Waals surface area (Å²) in [6.45, 7) is 4.22. The van der Waals surface area contributed by atoms with Gasteiger partial charge in [0, 0.05) is 23.3 Å². The van der Waals surface area contributed by atoms with Gasteiger partial charge in [-0.05, 0) is 36.1 Å². The first kappa shape index (κ1) is 14.7. The quantitative estimate of drug-likeness (QED) is 0.697. The molecule has 3 nitrogen and oxygen atoms in total. The number of thiazole rings is 1. The molecule has 0 amide bonds. The summed E-state index contributed by atoms with van der Waals surface area (Å²) < 4.78 is 5.68. The zero-order valence-corrected chi connectivity index (χ0v) is 13.8. The van der Waals surface area contributed by atoms with Gasteiger partial charge in [-0.1, -0.05) is 19.1 Å². The van der Waals surface area contributed by atoms with Crippen molar-refractivity contribution in [3.63, 3.8) is 0 Å². The van der Waals surface area contributed by atoms with E-state index in [1.54, 1.807) is 18.4 Å². The maximum absolute atomic E-state index is 5.68. The van der Waals surface area contributed by atoms with E-state index in [9.17, 15) is 0 Å². The Labute approximate surface area is 134 Å². The van der Waals surface area contributed by atoms with Crippen molar-refractivity contribution in [2.24, 2.45) is 0 Å². The van der Waals surface area contributed by atoms with Gasteiger partial charge in [0.15, 0.2) is 0 Å². The van der Waals surface area contributed by atoms with Crippen molar-refractivity contribution < 1.29 is 4.74 Å². The minimum atomic E-state index is 0.884. The predicted molar refractivity (Wildman–Crippen MR) is 91.4 cm³/mol. The van der Waals surface area contributed by atoms with Crippen molar-refractivity contribution in [3.05, 3.63) is 52.6 Å². The molecular weight excluding hydrogens is 292 g/mol. The number of methoxy groups -OCH3 is 1. The van der Waals surface area contributed by atoms with Crippen LogP contribution in [0, 0.1) is 6.92 Å². The summed E-state index contributed by atoms with van der Waals surface area (Å²) in [5, 5.41) is 2.06. The van der Waals surface area contributed by atoms with Crippen molar-refractivity contribution in [2.45, 2.75) is 20.3 Å². The first-order valence-electron chi connectivity index (χ1n) is 7.25. The molecule has 1 aromatic carbocycles. The molecule has 0 bridgehead atoms. The van der Waals surface area contributed by atoms with Crippen LogP contribution >= 0.6 is 11.3 Å². The van der Waals surface area contributed by atoms with Gasteiger partial charge in [-0.25, -0.2) is 4.98 Å². The van der Waals surface area contributed by atoms with Gasteiger partial charge < -0.3 is 4.74 Å². The van der Waals surface area contributed by atoms with Gasteiger partial charge in [-0.3, -0.25) is 4.98 Å². The molecule has 112 valence electrons. The summed E-state index contributed by atoms with van der Waals surface area (Å²) in [4.78, 5) is 8.81. The molecule has 0 spiro atoms. The highest BCUT2D eigenvalue weighted by Gasteiger charge is 2.18. The van der Waals surface area contributed by atoms with E-state index < -0.39 is 0 Å². The van der Waals surface area contributed by atoms with Crippen LogP contribution in [0.1, 0.15) is 18.1 Å². The van der Waals surface area contributed by atoms with Gasteiger partial charge in [0.25, 0.3) is 0 Å². The van der Waals surface area contributed by atoms with Crippen LogP contribution in [0.5, 0.6) is 5.75 Å².